The highest BCUT2D eigenvalue weighted by atomic mass is 35.5. The first kappa shape index (κ1) is 34.5. The third kappa shape index (κ3) is 5.59. The van der Waals surface area contributed by atoms with Crippen molar-refractivity contribution < 1.29 is 14.3 Å². The lowest BCUT2D eigenvalue weighted by Crippen LogP contribution is -2.58. The van der Waals surface area contributed by atoms with Gasteiger partial charge in [0.25, 0.3) is 5.56 Å². The number of phenols is 1. The molecular weight excluding hydrogens is 689 g/mol. The lowest BCUT2D eigenvalue weighted by Gasteiger charge is -2.45. The summed E-state index contributed by atoms with van der Waals surface area (Å²) in [4.78, 5) is 40.1. The molecule has 2 atom stereocenters. The number of hydrogen-bond donors (Lipinski definition) is 1. The van der Waals surface area contributed by atoms with Crippen molar-refractivity contribution in [1.82, 2.24) is 19.4 Å². The number of rotatable bonds is 5. The largest absolute Gasteiger partial charge is 0.506 e. The molecule has 9 nitrogen and oxygen atoms in total. The van der Waals surface area contributed by atoms with Crippen LogP contribution in [0.25, 0.3) is 28.0 Å². The standard InChI is InChI=1S/C33H29Cl4FN6O3/c1-7-21(45)43-16(5)12-42(13-17(43)6)30-18-10-20(34)28(22-23(35)26(38)24(36)25(37)31(22)46)41-32(18)44(33(47)19(30)11-39)29-15(4)8-9-40-27(29)14(2)3/h7-10,14,16-17,46H,1,12-13H2,2-6H3/t16-,17+. The van der Waals surface area contributed by atoms with Gasteiger partial charge in [-0.3, -0.25) is 19.1 Å². The van der Waals surface area contributed by atoms with Gasteiger partial charge in [0.1, 0.15) is 33.1 Å². The molecule has 4 heterocycles. The number of nitriles is 1. The van der Waals surface area contributed by atoms with Crippen LogP contribution in [0.2, 0.25) is 20.1 Å². The number of aromatic hydroxyl groups is 1. The van der Waals surface area contributed by atoms with Gasteiger partial charge in [-0.2, -0.15) is 5.26 Å². The van der Waals surface area contributed by atoms with E-state index in [9.17, 15) is 20.0 Å². The van der Waals surface area contributed by atoms with E-state index in [0.29, 0.717) is 22.3 Å². The Hall–Kier alpha value is -3.88. The van der Waals surface area contributed by atoms with Crippen molar-refractivity contribution in [1.29, 1.82) is 5.26 Å². The van der Waals surface area contributed by atoms with E-state index in [1.54, 1.807) is 24.1 Å². The molecule has 0 aliphatic carbocycles. The van der Waals surface area contributed by atoms with Gasteiger partial charge in [-0.25, -0.2) is 9.37 Å². The van der Waals surface area contributed by atoms with E-state index in [1.165, 1.54) is 16.7 Å². The number of fused-ring (bicyclic) bond motifs is 1. The van der Waals surface area contributed by atoms with Crippen molar-refractivity contribution in [2.45, 2.75) is 52.6 Å². The summed E-state index contributed by atoms with van der Waals surface area (Å²) in [5.74, 6) is -2.14. The second-order valence-corrected chi connectivity index (χ2v) is 13.3. The van der Waals surface area contributed by atoms with E-state index < -0.39 is 32.2 Å². The minimum atomic E-state index is -1.10. The maximum absolute atomic E-state index is 15.1. The Morgan fingerprint density at radius 1 is 1.15 bits per heavy atom. The summed E-state index contributed by atoms with van der Waals surface area (Å²) >= 11 is 25.3. The Bertz CT molecular complexity index is 2050. The van der Waals surface area contributed by atoms with Gasteiger partial charge in [0.15, 0.2) is 5.82 Å². The molecule has 5 rings (SSSR count). The Morgan fingerprint density at radius 2 is 1.79 bits per heavy atom. The van der Waals surface area contributed by atoms with Crippen molar-refractivity contribution in [3.63, 3.8) is 0 Å². The summed E-state index contributed by atoms with van der Waals surface area (Å²) in [5, 5.41) is 20.1. The number of hydrogen-bond acceptors (Lipinski definition) is 7. The summed E-state index contributed by atoms with van der Waals surface area (Å²) in [6.07, 6.45) is 2.87. The number of pyridine rings is 3. The molecule has 1 fully saturated rings. The first-order valence-corrected chi connectivity index (χ1v) is 16.1. The Kier molecular flexibility index (Phi) is 9.50. The monoisotopic (exact) mass is 716 g/mol. The van der Waals surface area contributed by atoms with Gasteiger partial charge < -0.3 is 14.9 Å². The van der Waals surface area contributed by atoms with Gasteiger partial charge >= 0.3 is 0 Å². The van der Waals surface area contributed by atoms with Crippen LogP contribution in [0.4, 0.5) is 10.1 Å². The number of aromatic nitrogens is 3. The molecule has 4 aromatic rings. The van der Waals surface area contributed by atoms with Crippen LogP contribution in [-0.4, -0.2) is 55.6 Å². The molecule has 1 saturated heterocycles. The molecule has 0 saturated carbocycles. The summed E-state index contributed by atoms with van der Waals surface area (Å²) in [6.45, 7) is 13.5. The second kappa shape index (κ2) is 13.0. The first-order chi connectivity index (χ1) is 22.2. The van der Waals surface area contributed by atoms with Gasteiger partial charge in [0.2, 0.25) is 5.91 Å². The number of phenolic OH excluding ortho intramolecular Hbond substituents is 1. The van der Waals surface area contributed by atoms with Gasteiger partial charge in [0.05, 0.1) is 38.4 Å². The number of amides is 1. The highest BCUT2D eigenvalue weighted by Crippen LogP contribution is 2.49. The van der Waals surface area contributed by atoms with Gasteiger partial charge in [-0.1, -0.05) is 66.8 Å². The lowest BCUT2D eigenvalue weighted by atomic mass is 10.0. The molecule has 1 N–H and O–H groups in total. The molecule has 0 unspecified atom stereocenters. The number of anilines is 1. The normalized spacial score (nSPS) is 16.6. The molecule has 14 heteroatoms. The van der Waals surface area contributed by atoms with E-state index in [4.69, 9.17) is 51.4 Å². The van der Waals surface area contributed by atoms with E-state index in [0.717, 1.165) is 0 Å². The highest BCUT2D eigenvalue weighted by molar-refractivity contribution is 6.46. The van der Waals surface area contributed by atoms with Crippen molar-refractivity contribution in [2.75, 3.05) is 18.0 Å². The Labute approximate surface area is 290 Å². The molecule has 244 valence electrons. The average molecular weight is 718 g/mol. The fraction of sp³-hybridized carbons (Fsp3) is 0.303. The first-order valence-electron chi connectivity index (χ1n) is 14.6. The van der Waals surface area contributed by atoms with Crippen LogP contribution < -0.4 is 10.5 Å². The minimum absolute atomic E-state index is 0.0354. The quantitative estimate of drug-likeness (QED) is 0.127. The Balaban J connectivity index is 1.95. The Morgan fingerprint density at radius 3 is 2.36 bits per heavy atom. The zero-order chi connectivity index (χ0) is 34.6. The van der Waals surface area contributed by atoms with Crippen molar-refractivity contribution in [2.24, 2.45) is 0 Å². The van der Waals surface area contributed by atoms with Gasteiger partial charge in [-0.05, 0) is 50.5 Å². The van der Waals surface area contributed by atoms with Crippen LogP contribution in [-0.2, 0) is 4.79 Å². The number of carbonyl (C=O) groups excluding carboxylic acids is 1. The summed E-state index contributed by atoms with van der Waals surface area (Å²) in [5.41, 5.74) is 0.552. The van der Waals surface area contributed by atoms with E-state index in [1.807, 2.05) is 32.6 Å². The van der Waals surface area contributed by atoms with Crippen LogP contribution in [0, 0.1) is 24.1 Å². The average Bonchev–Trinajstić information content (AvgIpc) is 3.02. The molecule has 0 bridgehead atoms. The van der Waals surface area contributed by atoms with Crippen molar-refractivity contribution in [3.8, 4) is 28.8 Å². The van der Waals surface area contributed by atoms with Crippen LogP contribution in [0.1, 0.15) is 50.4 Å². The summed E-state index contributed by atoms with van der Waals surface area (Å²) < 4.78 is 16.4. The smallest absolute Gasteiger partial charge is 0.276 e. The second-order valence-electron chi connectivity index (χ2n) is 11.7. The van der Waals surface area contributed by atoms with E-state index in [-0.39, 0.29) is 70.2 Å². The van der Waals surface area contributed by atoms with Crippen LogP contribution in [0.5, 0.6) is 5.75 Å². The van der Waals surface area contributed by atoms with Gasteiger partial charge in [0, 0.05) is 36.8 Å². The lowest BCUT2D eigenvalue weighted by molar-refractivity contribution is -0.130. The molecule has 1 aliphatic rings. The molecule has 1 aliphatic heterocycles. The third-order valence-electron chi connectivity index (χ3n) is 8.26. The predicted molar refractivity (Wildman–Crippen MR) is 184 cm³/mol. The fourth-order valence-corrected chi connectivity index (χ4v) is 7.18. The SMILES string of the molecule is C=CC(=O)N1[C@H](C)CN(c2c(C#N)c(=O)n(-c3c(C)ccnc3C(C)C)c3nc(-c4c(O)c(Cl)c(Cl)c(F)c4Cl)c(Cl)cc23)C[C@@H]1C. The fourth-order valence-electron chi connectivity index (χ4n) is 6.25. The van der Waals surface area contributed by atoms with Crippen molar-refractivity contribution in [3.05, 3.63) is 84.1 Å². The van der Waals surface area contributed by atoms with Crippen LogP contribution in [0.15, 0.2) is 35.8 Å². The predicted octanol–water partition coefficient (Wildman–Crippen LogP) is 7.82. The molecule has 0 radical (unpaired) electrons. The maximum Gasteiger partial charge on any atom is 0.276 e. The van der Waals surface area contributed by atoms with E-state index in [2.05, 4.69) is 17.6 Å². The number of nitrogens with zero attached hydrogens (tertiary/aromatic N) is 6. The number of carbonyl (C=O) groups is 1. The molecular formula is C33H29Cl4FN6O3. The zero-order valence-electron chi connectivity index (χ0n) is 26.0. The number of benzene rings is 1. The maximum atomic E-state index is 15.1. The molecule has 1 aromatic carbocycles. The number of piperazine rings is 1. The van der Waals surface area contributed by atoms with Crippen LogP contribution >= 0.6 is 46.4 Å². The molecule has 47 heavy (non-hydrogen) atoms. The topological polar surface area (TPSA) is 115 Å². The number of aryl methyl sites for hydroxylation is 1. The summed E-state index contributed by atoms with van der Waals surface area (Å²) in [6, 6.07) is 4.68. The molecule has 1 amide bonds. The van der Waals surface area contributed by atoms with Gasteiger partial charge in [-0.15, -0.1) is 0 Å². The molecule has 0 spiro atoms. The minimum Gasteiger partial charge on any atom is -0.506 e. The van der Waals surface area contributed by atoms with Crippen LogP contribution in [0.3, 0.4) is 0 Å². The number of halogens is 5. The van der Waals surface area contributed by atoms with Crippen molar-refractivity contribution >= 4 is 69.0 Å². The summed E-state index contributed by atoms with van der Waals surface area (Å²) in [7, 11) is 0. The van der Waals surface area contributed by atoms with E-state index >= 15 is 4.39 Å². The zero-order valence-corrected chi connectivity index (χ0v) is 29.0. The highest BCUT2D eigenvalue weighted by Gasteiger charge is 2.36. The third-order valence-corrected chi connectivity index (χ3v) is 9.72. The molecule has 3 aromatic heterocycles.